The van der Waals surface area contributed by atoms with Crippen molar-refractivity contribution in [1.29, 1.82) is 0 Å². The predicted molar refractivity (Wildman–Crippen MR) is 55.6 cm³/mol. The van der Waals surface area contributed by atoms with Crippen LogP contribution in [-0.4, -0.2) is 47.4 Å². The van der Waals surface area contributed by atoms with Crippen LogP contribution in [0.25, 0.3) is 0 Å². The van der Waals surface area contributed by atoms with Crippen LogP contribution in [-0.2, 0) is 14.4 Å². The number of carbonyl (C=O) groups excluding carboxylic acids is 2. The van der Waals surface area contributed by atoms with E-state index in [2.05, 4.69) is 5.32 Å². The van der Waals surface area contributed by atoms with Gasteiger partial charge in [0.2, 0.25) is 11.8 Å². The molecule has 1 aliphatic rings. The summed E-state index contributed by atoms with van der Waals surface area (Å²) < 4.78 is 0. The van der Waals surface area contributed by atoms with Crippen molar-refractivity contribution >= 4 is 17.8 Å². The molecule has 0 aromatic rings. The maximum absolute atomic E-state index is 11.7. The number of carboxylic acid groups (broad SMARTS) is 1. The van der Waals surface area contributed by atoms with Gasteiger partial charge in [-0.2, -0.15) is 0 Å². The number of aliphatic carboxylic acids is 1. The molecule has 1 heterocycles. The Morgan fingerprint density at radius 3 is 2.62 bits per heavy atom. The molecule has 16 heavy (non-hydrogen) atoms. The first kappa shape index (κ1) is 12.5. The molecule has 0 saturated carbocycles. The van der Waals surface area contributed by atoms with E-state index >= 15 is 0 Å². The fourth-order valence-electron chi connectivity index (χ4n) is 1.42. The summed E-state index contributed by atoms with van der Waals surface area (Å²) in [7, 11) is 0. The van der Waals surface area contributed by atoms with Gasteiger partial charge in [0.05, 0.1) is 12.0 Å². The molecule has 6 heteroatoms. The lowest BCUT2D eigenvalue weighted by atomic mass is 9.89. The highest BCUT2D eigenvalue weighted by Gasteiger charge is 2.33. The monoisotopic (exact) mass is 228 g/mol. The van der Waals surface area contributed by atoms with Crippen LogP contribution in [0.15, 0.2) is 0 Å². The summed E-state index contributed by atoms with van der Waals surface area (Å²) >= 11 is 0. The summed E-state index contributed by atoms with van der Waals surface area (Å²) in [6.45, 7) is 3.89. The van der Waals surface area contributed by atoms with E-state index < -0.39 is 11.4 Å². The van der Waals surface area contributed by atoms with E-state index in [4.69, 9.17) is 5.11 Å². The van der Waals surface area contributed by atoms with E-state index in [-0.39, 0.29) is 24.8 Å². The minimum atomic E-state index is -1.09. The first-order chi connectivity index (χ1) is 7.33. The minimum absolute atomic E-state index is 0.0224. The molecule has 1 aliphatic heterocycles. The molecule has 1 saturated heterocycles. The highest BCUT2D eigenvalue weighted by Crippen LogP contribution is 2.21. The van der Waals surface area contributed by atoms with Gasteiger partial charge in [-0.05, 0) is 13.8 Å². The van der Waals surface area contributed by atoms with Gasteiger partial charge in [0.15, 0.2) is 0 Å². The summed E-state index contributed by atoms with van der Waals surface area (Å²) in [6, 6.07) is 0. The molecule has 0 aliphatic carbocycles. The van der Waals surface area contributed by atoms with Gasteiger partial charge in [-0.3, -0.25) is 14.4 Å². The van der Waals surface area contributed by atoms with Gasteiger partial charge in [0, 0.05) is 19.5 Å². The Bertz CT molecular complexity index is 325. The van der Waals surface area contributed by atoms with E-state index in [0.29, 0.717) is 13.1 Å². The fourth-order valence-corrected chi connectivity index (χ4v) is 1.42. The molecule has 1 fully saturated rings. The maximum Gasteiger partial charge on any atom is 0.309 e. The zero-order valence-electron chi connectivity index (χ0n) is 9.45. The minimum Gasteiger partial charge on any atom is -0.481 e. The largest absolute Gasteiger partial charge is 0.481 e. The third-order valence-electron chi connectivity index (χ3n) is 2.56. The number of amides is 2. The molecule has 0 bridgehead atoms. The molecule has 0 aromatic heterocycles. The zero-order chi connectivity index (χ0) is 12.3. The van der Waals surface area contributed by atoms with Crippen LogP contribution in [0.4, 0.5) is 0 Å². The SMILES string of the molecule is CC(C)(CC(=O)N1CCNC(=O)C1)C(=O)O. The Balaban J connectivity index is 2.58. The van der Waals surface area contributed by atoms with Gasteiger partial charge in [0.1, 0.15) is 0 Å². The molecule has 0 unspecified atom stereocenters. The van der Waals surface area contributed by atoms with Gasteiger partial charge in [-0.1, -0.05) is 0 Å². The van der Waals surface area contributed by atoms with Crippen LogP contribution < -0.4 is 5.32 Å². The molecule has 1 rings (SSSR count). The number of carboxylic acids is 1. The van der Waals surface area contributed by atoms with Crippen molar-refractivity contribution in [2.24, 2.45) is 5.41 Å². The number of hydrogen-bond donors (Lipinski definition) is 2. The van der Waals surface area contributed by atoms with Gasteiger partial charge in [0.25, 0.3) is 0 Å². The number of rotatable bonds is 3. The van der Waals surface area contributed by atoms with E-state index in [1.54, 1.807) is 0 Å². The van der Waals surface area contributed by atoms with Crippen molar-refractivity contribution < 1.29 is 19.5 Å². The Kier molecular flexibility index (Phi) is 3.51. The summed E-state index contributed by atoms with van der Waals surface area (Å²) in [5.41, 5.74) is -1.09. The highest BCUT2D eigenvalue weighted by molar-refractivity contribution is 5.88. The van der Waals surface area contributed by atoms with E-state index in [1.165, 1.54) is 18.7 Å². The average Bonchev–Trinajstić information content (AvgIpc) is 2.16. The Hall–Kier alpha value is -1.59. The third kappa shape index (κ3) is 2.95. The second-order valence-corrected chi connectivity index (χ2v) is 4.53. The molecule has 90 valence electrons. The van der Waals surface area contributed by atoms with Crippen molar-refractivity contribution in [3.63, 3.8) is 0 Å². The fraction of sp³-hybridized carbons (Fsp3) is 0.700. The quantitative estimate of drug-likeness (QED) is 0.678. The standard InChI is InChI=1S/C10H16N2O4/c1-10(2,9(15)16)5-8(14)12-4-3-11-7(13)6-12/h3-6H2,1-2H3,(H,11,13)(H,15,16). The Morgan fingerprint density at radius 1 is 1.50 bits per heavy atom. The topological polar surface area (TPSA) is 86.7 Å². The van der Waals surface area contributed by atoms with Crippen LogP contribution in [0.2, 0.25) is 0 Å². The number of nitrogens with zero attached hydrogens (tertiary/aromatic N) is 1. The first-order valence-electron chi connectivity index (χ1n) is 5.11. The average molecular weight is 228 g/mol. The van der Waals surface area contributed by atoms with Crippen molar-refractivity contribution in [2.75, 3.05) is 19.6 Å². The molecule has 6 nitrogen and oxygen atoms in total. The summed E-state index contributed by atoms with van der Waals surface area (Å²) in [6.07, 6.45) is -0.0877. The summed E-state index contributed by atoms with van der Waals surface area (Å²) in [5.74, 6) is -1.50. The third-order valence-corrected chi connectivity index (χ3v) is 2.56. The normalized spacial score (nSPS) is 16.9. The number of piperazine rings is 1. The lowest BCUT2D eigenvalue weighted by Crippen LogP contribution is -2.51. The lowest BCUT2D eigenvalue weighted by molar-refractivity contribution is -0.152. The zero-order valence-corrected chi connectivity index (χ0v) is 9.45. The van der Waals surface area contributed by atoms with Crippen molar-refractivity contribution in [3.05, 3.63) is 0 Å². The van der Waals surface area contributed by atoms with Crippen LogP contribution in [0.1, 0.15) is 20.3 Å². The summed E-state index contributed by atoms with van der Waals surface area (Å²) in [4.78, 5) is 35.0. The van der Waals surface area contributed by atoms with E-state index in [0.717, 1.165) is 0 Å². The van der Waals surface area contributed by atoms with Gasteiger partial charge < -0.3 is 15.3 Å². The van der Waals surface area contributed by atoms with E-state index in [9.17, 15) is 14.4 Å². The lowest BCUT2D eigenvalue weighted by Gasteiger charge is -2.29. The molecular formula is C10H16N2O4. The first-order valence-corrected chi connectivity index (χ1v) is 5.11. The van der Waals surface area contributed by atoms with Gasteiger partial charge >= 0.3 is 5.97 Å². The molecule has 0 atom stereocenters. The Labute approximate surface area is 93.6 Å². The molecule has 2 N–H and O–H groups in total. The molecule has 0 radical (unpaired) electrons. The van der Waals surface area contributed by atoms with Crippen LogP contribution >= 0.6 is 0 Å². The molecule has 2 amide bonds. The summed E-state index contributed by atoms with van der Waals surface area (Å²) in [5, 5.41) is 11.5. The van der Waals surface area contributed by atoms with Crippen LogP contribution in [0, 0.1) is 5.41 Å². The van der Waals surface area contributed by atoms with Gasteiger partial charge in [-0.25, -0.2) is 0 Å². The predicted octanol–water partition coefficient (Wildman–Crippen LogP) is -0.554. The number of nitrogens with one attached hydrogen (secondary N) is 1. The molecular weight excluding hydrogens is 212 g/mol. The molecule has 0 aromatic carbocycles. The second-order valence-electron chi connectivity index (χ2n) is 4.53. The van der Waals surface area contributed by atoms with Crippen LogP contribution in [0.5, 0.6) is 0 Å². The second kappa shape index (κ2) is 4.51. The molecule has 0 spiro atoms. The van der Waals surface area contributed by atoms with Crippen molar-refractivity contribution in [2.45, 2.75) is 20.3 Å². The van der Waals surface area contributed by atoms with Gasteiger partial charge in [-0.15, -0.1) is 0 Å². The smallest absolute Gasteiger partial charge is 0.309 e. The van der Waals surface area contributed by atoms with E-state index in [1.807, 2.05) is 0 Å². The Morgan fingerprint density at radius 2 is 2.12 bits per heavy atom. The maximum atomic E-state index is 11.7. The van der Waals surface area contributed by atoms with Crippen molar-refractivity contribution in [1.82, 2.24) is 10.2 Å². The van der Waals surface area contributed by atoms with Crippen molar-refractivity contribution in [3.8, 4) is 0 Å². The van der Waals surface area contributed by atoms with Crippen LogP contribution in [0.3, 0.4) is 0 Å². The number of hydrogen-bond acceptors (Lipinski definition) is 3. The number of carbonyl (C=O) groups is 3. The highest BCUT2D eigenvalue weighted by atomic mass is 16.4.